The second-order valence-electron chi connectivity index (χ2n) is 7.68. The monoisotopic (exact) mass is 446 g/mol. The van der Waals surface area contributed by atoms with Crippen LogP contribution >= 0.6 is 0 Å². The van der Waals surface area contributed by atoms with Gasteiger partial charge in [-0.25, -0.2) is 8.42 Å². The summed E-state index contributed by atoms with van der Waals surface area (Å²) in [5.41, 5.74) is 2.12. The first-order valence-corrected chi connectivity index (χ1v) is 12.0. The van der Waals surface area contributed by atoms with Gasteiger partial charge in [-0.2, -0.15) is 4.31 Å². The highest BCUT2D eigenvalue weighted by molar-refractivity contribution is 7.89. The molecule has 0 saturated carbocycles. The van der Waals surface area contributed by atoms with Gasteiger partial charge in [-0.15, -0.1) is 0 Å². The Kier molecular flexibility index (Phi) is 7.56. The standard InChI is InChI=1S/C23H30N2O5S/c1-17-7-6-8-22(18(17)2)30-19(3)23(26)24-13-16-29-20-9-11-21(12-10-20)31(27,28)25-14-4-5-15-25/h6-12,19H,4-5,13-16H2,1-3H3,(H,24,26). The van der Waals surface area contributed by atoms with Gasteiger partial charge in [-0.05, 0) is 75.1 Å². The van der Waals surface area contributed by atoms with E-state index in [1.54, 1.807) is 31.2 Å². The van der Waals surface area contributed by atoms with Gasteiger partial charge in [-0.3, -0.25) is 4.79 Å². The smallest absolute Gasteiger partial charge is 0.260 e. The molecule has 0 spiro atoms. The van der Waals surface area contributed by atoms with E-state index in [1.807, 2.05) is 32.0 Å². The molecular weight excluding hydrogens is 416 g/mol. The number of amides is 1. The molecule has 0 bridgehead atoms. The predicted molar refractivity (Wildman–Crippen MR) is 119 cm³/mol. The van der Waals surface area contributed by atoms with Crippen LogP contribution in [-0.2, 0) is 14.8 Å². The maximum Gasteiger partial charge on any atom is 0.260 e. The molecule has 2 aromatic rings. The molecule has 1 fully saturated rings. The van der Waals surface area contributed by atoms with E-state index in [4.69, 9.17) is 9.47 Å². The van der Waals surface area contributed by atoms with Crippen molar-refractivity contribution in [2.75, 3.05) is 26.2 Å². The van der Waals surface area contributed by atoms with Crippen molar-refractivity contribution in [2.45, 2.75) is 44.6 Å². The number of rotatable bonds is 9. The molecule has 0 aromatic heterocycles. The van der Waals surface area contributed by atoms with Crippen LogP contribution < -0.4 is 14.8 Å². The quantitative estimate of drug-likeness (QED) is 0.599. The Balaban J connectivity index is 1.44. The summed E-state index contributed by atoms with van der Waals surface area (Å²) in [6.45, 7) is 7.39. The van der Waals surface area contributed by atoms with Gasteiger partial charge in [0.25, 0.3) is 5.91 Å². The molecule has 1 aliphatic heterocycles. The maximum absolute atomic E-state index is 12.5. The Labute approximate surface area is 184 Å². The third kappa shape index (κ3) is 5.77. The van der Waals surface area contributed by atoms with Gasteiger partial charge < -0.3 is 14.8 Å². The summed E-state index contributed by atoms with van der Waals surface area (Å²) in [7, 11) is -3.43. The highest BCUT2D eigenvalue weighted by Gasteiger charge is 2.26. The predicted octanol–water partition coefficient (Wildman–Crippen LogP) is 3.05. The minimum atomic E-state index is -3.43. The van der Waals surface area contributed by atoms with Gasteiger partial charge in [0.05, 0.1) is 11.4 Å². The van der Waals surface area contributed by atoms with Crippen LogP contribution in [0, 0.1) is 13.8 Å². The molecule has 0 aliphatic carbocycles. The Hall–Kier alpha value is -2.58. The Morgan fingerprint density at radius 1 is 1.10 bits per heavy atom. The number of hydrogen-bond acceptors (Lipinski definition) is 5. The first-order chi connectivity index (χ1) is 14.8. The molecule has 2 aromatic carbocycles. The van der Waals surface area contributed by atoms with Gasteiger partial charge >= 0.3 is 0 Å². The molecule has 8 heteroatoms. The fourth-order valence-corrected chi connectivity index (χ4v) is 4.89. The number of benzene rings is 2. The summed E-state index contributed by atoms with van der Waals surface area (Å²) in [4.78, 5) is 12.5. The van der Waals surface area contributed by atoms with Crippen molar-refractivity contribution in [2.24, 2.45) is 0 Å². The van der Waals surface area contributed by atoms with Crippen molar-refractivity contribution in [3.8, 4) is 11.5 Å². The summed E-state index contributed by atoms with van der Waals surface area (Å²) in [5, 5.41) is 2.79. The largest absolute Gasteiger partial charge is 0.492 e. The van der Waals surface area contributed by atoms with Crippen LogP contribution in [0.15, 0.2) is 47.4 Å². The zero-order chi connectivity index (χ0) is 22.4. The van der Waals surface area contributed by atoms with Crippen molar-refractivity contribution >= 4 is 15.9 Å². The van der Waals surface area contributed by atoms with E-state index in [2.05, 4.69) is 5.32 Å². The number of carbonyl (C=O) groups excluding carboxylic acids is 1. The fourth-order valence-electron chi connectivity index (χ4n) is 3.37. The first kappa shape index (κ1) is 23.1. The van der Waals surface area contributed by atoms with E-state index in [1.165, 1.54) is 4.31 Å². The average Bonchev–Trinajstić information content (AvgIpc) is 3.30. The first-order valence-electron chi connectivity index (χ1n) is 10.5. The summed E-state index contributed by atoms with van der Waals surface area (Å²) in [5.74, 6) is 1.02. The highest BCUT2D eigenvalue weighted by atomic mass is 32.2. The van der Waals surface area contributed by atoms with Crippen molar-refractivity contribution in [1.29, 1.82) is 0 Å². The third-order valence-corrected chi connectivity index (χ3v) is 7.34. The van der Waals surface area contributed by atoms with Gasteiger partial charge in [0.15, 0.2) is 6.10 Å². The molecule has 0 radical (unpaired) electrons. The molecule has 3 rings (SSSR count). The summed E-state index contributed by atoms with van der Waals surface area (Å²) in [6.07, 6.45) is 1.18. The number of ether oxygens (including phenoxy) is 2. The van der Waals surface area contributed by atoms with E-state index in [0.717, 1.165) is 24.0 Å². The molecule has 1 N–H and O–H groups in total. The summed E-state index contributed by atoms with van der Waals surface area (Å²) in [6, 6.07) is 12.1. The lowest BCUT2D eigenvalue weighted by atomic mass is 10.1. The molecule has 31 heavy (non-hydrogen) atoms. The molecule has 1 amide bonds. The highest BCUT2D eigenvalue weighted by Crippen LogP contribution is 2.23. The van der Waals surface area contributed by atoms with Crippen molar-refractivity contribution in [3.05, 3.63) is 53.6 Å². The molecule has 7 nitrogen and oxygen atoms in total. The van der Waals surface area contributed by atoms with E-state index in [-0.39, 0.29) is 17.4 Å². The summed E-state index contributed by atoms with van der Waals surface area (Å²) < 4.78 is 38.0. The lowest BCUT2D eigenvalue weighted by Crippen LogP contribution is -2.38. The number of sulfonamides is 1. The van der Waals surface area contributed by atoms with Crippen LogP contribution in [0.5, 0.6) is 11.5 Å². The summed E-state index contributed by atoms with van der Waals surface area (Å²) >= 11 is 0. The number of nitrogens with one attached hydrogen (secondary N) is 1. The minimum Gasteiger partial charge on any atom is -0.492 e. The van der Waals surface area contributed by atoms with Gasteiger partial charge in [0.1, 0.15) is 18.1 Å². The van der Waals surface area contributed by atoms with Crippen LogP contribution in [0.1, 0.15) is 30.9 Å². The number of nitrogens with zero attached hydrogens (tertiary/aromatic N) is 1. The normalized spacial score (nSPS) is 15.5. The average molecular weight is 447 g/mol. The molecule has 1 atom stereocenters. The fraction of sp³-hybridized carbons (Fsp3) is 0.435. The van der Waals surface area contributed by atoms with Gasteiger partial charge in [0, 0.05) is 13.1 Å². The van der Waals surface area contributed by atoms with Gasteiger partial charge in [0.2, 0.25) is 10.0 Å². The van der Waals surface area contributed by atoms with Crippen LogP contribution in [0.3, 0.4) is 0 Å². The number of hydrogen-bond donors (Lipinski definition) is 1. The zero-order valence-corrected chi connectivity index (χ0v) is 19.1. The van der Waals surface area contributed by atoms with Crippen LogP contribution in [0.4, 0.5) is 0 Å². The second kappa shape index (κ2) is 10.2. The Morgan fingerprint density at radius 3 is 2.45 bits per heavy atom. The molecule has 1 aliphatic rings. The van der Waals surface area contributed by atoms with E-state index in [0.29, 0.717) is 31.1 Å². The third-order valence-electron chi connectivity index (χ3n) is 5.42. The minimum absolute atomic E-state index is 0.225. The zero-order valence-electron chi connectivity index (χ0n) is 18.3. The lowest BCUT2D eigenvalue weighted by Gasteiger charge is -2.17. The van der Waals surface area contributed by atoms with Crippen molar-refractivity contribution < 1.29 is 22.7 Å². The molecule has 1 unspecified atom stereocenters. The van der Waals surface area contributed by atoms with E-state index >= 15 is 0 Å². The van der Waals surface area contributed by atoms with E-state index < -0.39 is 16.1 Å². The van der Waals surface area contributed by atoms with Gasteiger partial charge in [-0.1, -0.05) is 12.1 Å². The second-order valence-corrected chi connectivity index (χ2v) is 9.62. The molecule has 168 valence electrons. The van der Waals surface area contributed by atoms with Crippen molar-refractivity contribution in [1.82, 2.24) is 9.62 Å². The van der Waals surface area contributed by atoms with E-state index in [9.17, 15) is 13.2 Å². The Bertz CT molecular complexity index is 999. The molecule has 1 heterocycles. The molecule has 1 saturated heterocycles. The van der Waals surface area contributed by atoms with Crippen LogP contribution in [-0.4, -0.2) is 51.0 Å². The lowest BCUT2D eigenvalue weighted by molar-refractivity contribution is -0.127. The van der Waals surface area contributed by atoms with Crippen LogP contribution in [0.25, 0.3) is 0 Å². The topological polar surface area (TPSA) is 84.9 Å². The van der Waals surface area contributed by atoms with Crippen LogP contribution in [0.2, 0.25) is 0 Å². The number of aryl methyl sites for hydroxylation is 1. The Morgan fingerprint density at radius 2 is 1.77 bits per heavy atom. The SMILES string of the molecule is Cc1cccc(OC(C)C(=O)NCCOc2ccc(S(=O)(=O)N3CCCC3)cc2)c1C. The molecular formula is C23H30N2O5S. The number of carbonyl (C=O) groups is 1. The van der Waals surface area contributed by atoms with Crippen molar-refractivity contribution in [3.63, 3.8) is 0 Å². The maximum atomic E-state index is 12.5.